The van der Waals surface area contributed by atoms with Gasteiger partial charge in [0.2, 0.25) is 10.0 Å². The summed E-state index contributed by atoms with van der Waals surface area (Å²) in [7, 11) is -2.21. The Morgan fingerprint density at radius 1 is 1.05 bits per heavy atom. The first-order valence-corrected chi connectivity index (χ1v) is 8.20. The van der Waals surface area contributed by atoms with Gasteiger partial charge in [-0.2, -0.15) is 4.72 Å². The lowest BCUT2D eigenvalue weighted by Gasteiger charge is -2.20. The molecule has 0 fully saturated rings. The summed E-state index contributed by atoms with van der Waals surface area (Å²) in [6.45, 7) is 9.66. The van der Waals surface area contributed by atoms with Crippen LogP contribution in [0.5, 0.6) is 0 Å². The Hall–Kier alpha value is -1.35. The molecule has 0 radical (unpaired) electrons. The molecule has 4 nitrogen and oxygen atoms in total. The first-order chi connectivity index (χ1) is 9.67. The molecule has 1 rings (SSSR count). The number of ether oxygens (including phenoxy) is 1. The molecule has 1 atom stereocenters. The highest BCUT2D eigenvalue weighted by Gasteiger charge is 2.25. The summed E-state index contributed by atoms with van der Waals surface area (Å²) in [5, 5.41) is 0. The van der Waals surface area contributed by atoms with E-state index in [2.05, 4.69) is 10.6 Å². The third kappa shape index (κ3) is 3.46. The zero-order valence-corrected chi connectivity index (χ0v) is 14.3. The lowest BCUT2D eigenvalue weighted by atomic mass is 9.95. The number of rotatable bonds is 5. The Morgan fingerprint density at radius 2 is 1.48 bits per heavy atom. The molecule has 0 bridgehead atoms. The van der Waals surface area contributed by atoms with Crippen molar-refractivity contribution in [2.75, 3.05) is 13.7 Å². The fourth-order valence-electron chi connectivity index (χ4n) is 2.40. The van der Waals surface area contributed by atoms with Gasteiger partial charge >= 0.3 is 0 Å². The molecular weight excluding hydrogens is 286 g/mol. The third-order valence-electron chi connectivity index (χ3n) is 4.03. The van der Waals surface area contributed by atoms with Gasteiger partial charge in [0.1, 0.15) is 6.04 Å². The van der Waals surface area contributed by atoms with Gasteiger partial charge in [-0.25, -0.2) is 8.42 Å². The third-order valence-corrected chi connectivity index (χ3v) is 5.78. The van der Waals surface area contributed by atoms with E-state index in [1.807, 2.05) is 34.6 Å². The molecule has 0 saturated carbocycles. The van der Waals surface area contributed by atoms with Crippen LogP contribution in [0.4, 0.5) is 0 Å². The maximum atomic E-state index is 12.7. The number of hydrogen-bond donors (Lipinski definition) is 1. The summed E-state index contributed by atoms with van der Waals surface area (Å²) >= 11 is 0. The Labute approximate surface area is 128 Å². The van der Waals surface area contributed by atoms with Crippen LogP contribution >= 0.6 is 0 Å². The topological polar surface area (TPSA) is 55.4 Å². The van der Waals surface area contributed by atoms with Crippen molar-refractivity contribution in [3.05, 3.63) is 27.8 Å². The molecule has 0 aliphatic heterocycles. The van der Waals surface area contributed by atoms with Crippen LogP contribution in [-0.2, 0) is 14.8 Å². The maximum Gasteiger partial charge on any atom is 0.242 e. The molecule has 1 aromatic carbocycles. The van der Waals surface area contributed by atoms with Crippen LogP contribution < -0.4 is 4.72 Å². The van der Waals surface area contributed by atoms with Crippen molar-refractivity contribution in [1.29, 1.82) is 0 Å². The predicted octanol–water partition coefficient (Wildman–Crippen LogP) is 2.16. The quantitative estimate of drug-likeness (QED) is 0.848. The van der Waals surface area contributed by atoms with Crippen molar-refractivity contribution in [1.82, 2.24) is 4.72 Å². The first-order valence-electron chi connectivity index (χ1n) is 6.71. The Morgan fingerprint density at radius 3 is 1.86 bits per heavy atom. The number of hydrogen-bond acceptors (Lipinski definition) is 3. The fourth-order valence-corrected chi connectivity index (χ4v) is 4.14. The number of terminal acetylenes is 1. The normalized spacial score (nSPS) is 13.0. The average Bonchev–Trinajstić information content (AvgIpc) is 2.42. The molecule has 0 saturated heterocycles. The van der Waals surface area contributed by atoms with E-state index in [1.165, 1.54) is 7.11 Å². The number of nitrogens with one attached hydrogen (secondary N) is 1. The second kappa shape index (κ2) is 6.61. The molecule has 0 spiro atoms. The maximum absolute atomic E-state index is 12.7. The number of methoxy groups -OCH3 is 1. The lowest BCUT2D eigenvalue weighted by Crippen LogP contribution is -2.37. The van der Waals surface area contributed by atoms with Crippen molar-refractivity contribution in [2.45, 2.75) is 45.6 Å². The van der Waals surface area contributed by atoms with Crippen LogP contribution in [0.3, 0.4) is 0 Å². The molecule has 0 aliphatic carbocycles. The van der Waals surface area contributed by atoms with Crippen molar-refractivity contribution in [3.8, 4) is 12.3 Å². The van der Waals surface area contributed by atoms with Gasteiger partial charge in [-0.3, -0.25) is 0 Å². The molecular formula is C16H23NO3S. The highest BCUT2D eigenvalue weighted by atomic mass is 32.2. The van der Waals surface area contributed by atoms with Crippen LogP contribution in [0.1, 0.15) is 27.8 Å². The van der Waals surface area contributed by atoms with Gasteiger partial charge in [-0.1, -0.05) is 5.92 Å². The van der Waals surface area contributed by atoms with Gasteiger partial charge in [-0.05, 0) is 62.4 Å². The van der Waals surface area contributed by atoms with E-state index in [4.69, 9.17) is 11.2 Å². The van der Waals surface area contributed by atoms with Crippen LogP contribution in [-0.4, -0.2) is 28.2 Å². The second-order valence-electron chi connectivity index (χ2n) is 5.25. The van der Waals surface area contributed by atoms with Gasteiger partial charge in [0.15, 0.2) is 0 Å². The average molecular weight is 309 g/mol. The molecule has 1 N–H and O–H groups in total. The van der Waals surface area contributed by atoms with Gasteiger partial charge in [0, 0.05) is 7.11 Å². The summed E-state index contributed by atoms with van der Waals surface area (Å²) in [6, 6.07) is -0.680. The Bertz CT molecular complexity index is 655. The highest BCUT2D eigenvalue weighted by molar-refractivity contribution is 7.89. The lowest BCUT2D eigenvalue weighted by molar-refractivity contribution is 0.190. The molecule has 0 aliphatic rings. The summed E-state index contributed by atoms with van der Waals surface area (Å²) < 4.78 is 32.8. The molecule has 0 amide bonds. The number of benzene rings is 1. The molecule has 1 aromatic rings. The Balaban J connectivity index is 3.43. The van der Waals surface area contributed by atoms with Crippen molar-refractivity contribution in [2.24, 2.45) is 0 Å². The fraction of sp³-hybridized carbons (Fsp3) is 0.500. The predicted molar refractivity (Wildman–Crippen MR) is 84.9 cm³/mol. The standard InChI is InChI=1S/C16H23NO3S/c1-8-15(9-20-7)17-21(18,19)16-13(5)11(3)10(2)12(4)14(16)6/h1,15,17H,9H2,2-7H3/t15-/m1/s1. The van der Waals surface area contributed by atoms with E-state index in [1.54, 1.807) is 0 Å². The minimum atomic E-state index is -3.69. The van der Waals surface area contributed by atoms with E-state index >= 15 is 0 Å². The van der Waals surface area contributed by atoms with E-state index in [9.17, 15) is 8.42 Å². The zero-order chi connectivity index (χ0) is 16.4. The second-order valence-corrected chi connectivity index (χ2v) is 6.90. The summed E-state index contributed by atoms with van der Waals surface area (Å²) in [5.41, 5.74) is 4.62. The number of sulfonamides is 1. The van der Waals surface area contributed by atoms with Crippen LogP contribution in [0, 0.1) is 47.0 Å². The molecule has 21 heavy (non-hydrogen) atoms. The minimum absolute atomic E-state index is 0.137. The minimum Gasteiger partial charge on any atom is -0.382 e. The summed E-state index contributed by atoms with van der Waals surface area (Å²) in [5.74, 6) is 2.39. The van der Waals surface area contributed by atoms with Crippen molar-refractivity contribution in [3.63, 3.8) is 0 Å². The van der Waals surface area contributed by atoms with E-state index in [-0.39, 0.29) is 6.61 Å². The first kappa shape index (κ1) is 17.7. The van der Waals surface area contributed by atoms with Crippen molar-refractivity contribution >= 4 is 10.0 Å². The van der Waals surface area contributed by atoms with Gasteiger partial charge in [0.25, 0.3) is 0 Å². The summed E-state index contributed by atoms with van der Waals surface area (Å²) in [6.07, 6.45) is 5.35. The molecule has 0 unspecified atom stereocenters. The monoisotopic (exact) mass is 309 g/mol. The van der Waals surface area contributed by atoms with Crippen LogP contribution in [0.15, 0.2) is 4.90 Å². The zero-order valence-electron chi connectivity index (χ0n) is 13.5. The Kier molecular flexibility index (Phi) is 5.57. The largest absolute Gasteiger partial charge is 0.382 e. The smallest absolute Gasteiger partial charge is 0.242 e. The van der Waals surface area contributed by atoms with Gasteiger partial charge < -0.3 is 4.74 Å². The summed E-state index contributed by atoms with van der Waals surface area (Å²) in [4.78, 5) is 0.319. The van der Waals surface area contributed by atoms with Crippen LogP contribution in [0.25, 0.3) is 0 Å². The molecule has 0 heterocycles. The van der Waals surface area contributed by atoms with Crippen LogP contribution in [0.2, 0.25) is 0 Å². The molecule has 5 heteroatoms. The van der Waals surface area contributed by atoms with E-state index in [0.717, 1.165) is 27.8 Å². The molecule has 116 valence electrons. The molecule has 0 aromatic heterocycles. The van der Waals surface area contributed by atoms with Gasteiger partial charge in [0.05, 0.1) is 11.5 Å². The van der Waals surface area contributed by atoms with Crippen molar-refractivity contribution < 1.29 is 13.2 Å². The van der Waals surface area contributed by atoms with E-state index < -0.39 is 16.1 Å². The van der Waals surface area contributed by atoms with E-state index in [0.29, 0.717) is 4.90 Å². The highest BCUT2D eigenvalue weighted by Crippen LogP contribution is 2.29. The SMILES string of the molecule is C#C[C@H](COC)NS(=O)(=O)c1c(C)c(C)c(C)c(C)c1C. The van der Waals surface area contributed by atoms with Gasteiger partial charge in [-0.15, -0.1) is 6.42 Å².